The topological polar surface area (TPSA) is 83.1 Å². The van der Waals surface area contributed by atoms with E-state index in [1.807, 2.05) is 24.3 Å². The summed E-state index contributed by atoms with van der Waals surface area (Å²) in [5.74, 6) is 0.311. The van der Waals surface area contributed by atoms with Crippen LogP contribution in [0.25, 0.3) is 0 Å². The number of aryl methyl sites for hydroxylation is 1. The van der Waals surface area contributed by atoms with Crippen LogP contribution in [0.1, 0.15) is 23.0 Å². The van der Waals surface area contributed by atoms with Crippen LogP contribution in [0, 0.1) is 0 Å². The molecule has 1 aliphatic heterocycles. The molecule has 0 spiro atoms. The van der Waals surface area contributed by atoms with Crippen molar-refractivity contribution in [3.05, 3.63) is 35.5 Å². The molecule has 0 radical (unpaired) electrons. The predicted molar refractivity (Wildman–Crippen MR) is 82.2 cm³/mol. The Labute approximate surface area is 128 Å². The number of ether oxygens (including phenoxy) is 1. The Morgan fingerprint density at radius 2 is 2.00 bits per heavy atom. The number of hydrogen-bond acceptors (Lipinski definition) is 5. The maximum atomic E-state index is 12.5. The number of carbonyl (C=O) groups excluding carboxylic acids is 1. The van der Waals surface area contributed by atoms with Crippen molar-refractivity contribution in [2.24, 2.45) is 0 Å². The molecule has 2 heterocycles. The summed E-state index contributed by atoms with van der Waals surface area (Å²) in [6, 6.07) is 8.03. The first-order valence-electron chi connectivity index (χ1n) is 7.41. The summed E-state index contributed by atoms with van der Waals surface area (Å²) in [5, 5.41) is 13.7. The quantitative estimate of drug-likeness (QED) is 0.896. The zero-order valence-corrected chi connectivity index (χ0v) is 12.5. The maximum Gasteiger partial charge on any atom is 0.278 e. The van der Waals surface area contributed by atoms with Crippen molar-refractivity contribution in [1.82, 2.24) is 20.3 Å². The molecule has 0 aliphatic carbocycles. The van der Waals surface area contributed by atoms with E-state index in [0.29, 0.717) is 37.8 Å². The third-order valence-electron chi connectivity index (χ3n) is 3.67. The molecule has 116 valence electrons. The SMILES string of the molecule is CCc1ccc(Nc2n[nH]nc2C(=O)N2CCOCC2)cc1. The first-order valence-corrected chi connectivity index (χ1v) is 7.41. The Morgan fingerprint density at radius 3 is 2.68 bits per heavy atom. The van der Waals surface area contributed by atoms with Crippen molar-refractivity contribution in [3.8, 4) is 0 Å². The summed E-state index contributed by atoms with van der Waals surface area (Å²) in [5.41, 5.74) is 2.44. The van der Waals surface area contributed by atoms with Crippen LogP contribution in [0.2, 0.25) is 0 Å². The van der Waals surface area contributed by atoms with E-state index in [1.165, 1.54) is 5.56 Å². The molecule has 1 amide bonds. The molecule has 1 aromatic carbocycles. The van der Waals surface area contributed by atoms with Gasteiger partial charge in [0.25, 0.3) is 5.91 Å². The molecule has 1 fully saturated rings. The fourth-order valence-electron chi connectivity index (χ4n) is 2.34. The Bertz CT molecular complexity index is 632. The number of morpholine rings is 1. The number of benzene rings is 1. The highest BCUT2D eigenvalue weighted by Crippen LogP contribution is 2.19. The van der Waals surface area contributed by atoms with Crippen LogP contribution in [-0.2, 0) is 11.2 Å². The lowest BCUT2D eigenvalue weighted by molar-refractivity contribution is 0.0299. The number of nitrogens with one attached hydrogen (secondary N) is 2. The van der Waals surface area contributed by atoms with Crippen LogP contribution < -0.4 is 5.32 Å². The summed E-state index contributed by atoms with van der Waals surface area (Å²) in [4.78, 5) is 14.2. The van der Waals surface area contributed by atoms with Gasteiger partial charge in [-0.15, -0.1) is 10.2 Å². The van der Waals surface area contributed by atoms with Gasteiger partial charge in [0, 0.05) is 18.8 Å². The van der Waals surface area contributed by atoms with E-state index in [9.17, 15) is 4.79 Å². The Hall–Kier alpha value is -2.41. The van der Waals surface area contributed by atoms with Crippen molar-refractivity contribution < 1.29 is 9.53 Å². The van der Waals surface area contributed by atoms with E-state index >= 15 is 0 Å². The average Bonchev–Trinajstić information content (AvgIpc) is 3.04. The molecule has 0 saturated carbocycles. The Kier molecular flexibility index (Phi) is 4.34. The van der Waals surface area contributed by atoms with E-state index in [-0.39, 0.29) is 5.91 Å². The first-order chi connectivity index (χ1) is 10.8. The molecule has 7 nitrogen and oxygen atoms in total. The van der Waals surface area contributed by atoms with Gasteiger partial charge in [0.1, 0.15) is 0 Å². The second-order valence-electron chi connectivity index (χ2n) is 5.10. The Morgan fingerprint density at radius 1 is 1.27 bits per heavy atom. The fraction of sp³-hybridized carbons (Fsp3) is 0.400. The van der Waals surface area contributed by atoms with Crippen LogP contribution in [0.15, 0.2) is 24.3 Å². The van der Waals surface area contributed by atoms with Gasteiger partial charge in [-0.25, -0.2) is 0 Å². The van der Waals surface area contributed by atoms with E-state index in [2.05, 4.69) is 27.7 Å². The smallest absolute Gasteiger partial charge is 0.278 e. The normalized spacial score (nSPS) is 14.9. The van der Waals surface area contributed by atoms with Crippen LogP contribution in [-0.4, -0.2) is 52.5 Å². The van der Waals surface area contributed by atoms with Gasteiger partial charge in [0.05, 0.1) is 13.2 Å². The lowest BCUT2D eigenvalue weighted by atomic mass is 10.1. The molecule has 1 aromatic heterocycles. The molecule has 22 heavy (non-hydrogen) atoms. The van der Waals surface area contributed by atoms with Crippen LogP contribution >= 0.6 is 0 Å². The number of aromatic nitrogens is 3. The molecule has 0 atom stereocenters. The molecule has 1 saturated heterocycles. The van der Waals surface area contributed by atoms with Crippen LogP contribution in [0.5, 0.6) is 0 Å². The second-order valence-corrected chi connectivity index (χ2v) is 5.10. The number of H-pyrrole nitrogens is 1. The van der Waals surface area contributed by atoms with Crippen molar-refractivity contribution in [1.29, 1.82) is 0 Å². The first kappa shape index (κ1) is 14.5. The minimum Gasteiger partial charge on any atom is -0.378 e. The van der Waals surface area contributed by atoms with Gasteiger partial charge in [-0.2, -0.15) is 5.21 Å². The number of rotatable bonds is 4. The van der Waals surface area contributed by atoms with Crippen molar-refractivity contribution in [2.75, 3.05) is 31.6 Å². The van der Waals surface area contributed by atoms with Crippen LogP contribution in [0.3, 0.4) is 0 Å². The van der Waals surface area contributed by atoms with Gasteiger partial charge in [-0.05, 0) is 24.1 Å². The predicted octanol–water partition coefficient (Wildman–Crippen LogP) is 1.58. The zero-order chi connectivity index (χ0) is 15.4. The molecule has 7 heteroatoms. The third-order valence-corrected chi connectivity index (χ3v) is 3.67. The highest BCUT2D eigenvalue weighted by atomic mass is 16.5. The standard InChI is InChI=1S/C15H19N5O2/c1-2-11-3-5-12(6-4-11)16-14-13(17-19-18-14)15(21)20-7-9-22-10-8-20/h3-6H,2,7-10H2,1H3,(H2,16,17,18,19). The van der Waals surface area contributed by atoms with Crippen molar-refractivity contribution >= 4 is 17.4 Å². The number of anilines is 2. The fourth-order valence-corrected chi connectivity index (χ4v) is 2.34. The zero-order valence-electron chi connectivity index (χ0n) is 12.5. The summed E-state index contributed by atoms with van der Waals surface area (Å²) in [6.07, 6.45) is 0.991. The average molecular weight is 301 g/mol. The monoisotopic (exact) mass is 301 g/mol. The van der Waals surface area contributed by atoms with E-state index < -0.39 is 0 Å². The highest BCUT2D eigenvalue weighted by molar-refractivity contribution is 5.97. The maximum absolute atomic E-state index is 12.5. The summed E-state index contributed by atoms with van der Waals surface area (Å²) in [7, 11) is 0. The lowest BCUT2D eigenvalue weighted by Crippen LogP contribution is -2.41. The van der Waals surface area contributed by atoms with Gasteiger partial charge in [0.2, 0.25) is 0 Å². The molecule has 2 N–H and O–H groups in total. The minimum absolute atomic E-state index is 0.135. The van der Waals surface area contributed by atoms with Crippen molar-refractivity contribution in [3.63, 3.8) is 0 Å². The van der Waals surface area contributed by atoms with E-state index in [4.69, 9.17) is 4.74 Å². The molecule has 2 aromatic rings. The summed E-state index contributed by atoms with van der Waals surface area (Å²) >= 11 is 0. The van der Waals surface area contributed by atoms with E-state index in [0.717, 1.165) is 12.1 Å². The number of carbonyl (C=O) groups is 1. The van der Waals surface area contributed by atoms with Gasteiger partial charge >= 0.3 is 0 Å². The molecule has 0 bridgehead atoms. The van der Waals surface area contributed by atoms with Crippen molar-refractivity contribution in [2.45, 2.75) is 13.3 Å². The highest BCUT2D eigenvalue weighted by Gasteiger charge is 2.24. The number of nitrogens with zero attached hydrogens (tertiary/aromatic N) is 3. The molecule has 1 aliphatic rings. The number of hydrogen-bond donors (Lipinski definition) is 2. The van der Waals surface area contributed by atoms with Gasteiger partial charge in [-0.1, -0.05) is 19.1 Å². The summed E-state index contributed by atoms with van der Waals surface area (Å²) in [6.45, 7) is 4.39. The largest absolute Gasteiger partial charge is 0.378 e. The van der Waals surface area contributed by atoms with E-state index in [1.54, 1.807) is 4.90 Å². The van der Waals surface area contributed by atoms with Gasteiger partial charge in [-0.3, -0.25) is 4.79 Å². The van der Waals surface area contributed by atoms with Crippen LogP contribution in [0.4, 0.5) is 11.5 Å². The Balaban J connectivity index is 1.74. The molecular weight excluding hydrogens is 282 g/mol. The van der Waals surface area contributed by atoms with Gasteiger partial charge < -0.3 is 15.0 Å². The van der Waals surface area contributed by atoms with Gasteiger partial charge in [0.15, 0.2) is 11.5 Å². The lowest BCUT2D eigenvalue weighted by Gasteiger charge is -2.26. The third kappa shape index (κ3) is 3.09. The minimum atomic E-state index is -0.135. The molecular formula is C15H19N5O2. The number of aromatic amines is 1. The molecule has 3 rings (SSSR count). The summed E-state index contributed by atoms with van der Waals surface area (Å²) < 4.78 is 5.26. The number of amides is 1. The second kappa shape index (κ2) is 6.57. The molecule has 0 unspecified atom stereocenters.